The first-order valence-electron chi connectivity index (χ1n) is 11.5. The van der Waals surface area contributed by atoms with Crippen LogP contribution in [0.25, 0.3) is 0 Å². The van der Waals surface area contributed by atoms with Gasteiger partial charge in [0.15, 0.2) is 0 Å². The fraction of sp³-hybridized carbons (Fsp3) is 0.400. The van der Waals surface area contributed by atoms with Crippen molar-refractivity contribution in [3.8, 4) is 5.75 Å². The largest absolute Gasteiger partial charge is 0.497 e. The monoisotopic (exact) mass is 465 g/mol. The molecule has 0 radical (unpaired) electrons. The van der Waals surface area contributed by atoms with Crippen molar-refractivity contribution in [2.24, 2.45) is 0 Å². The van der Waals surface area contributed by atoms with Crippen LogP contribution in [0.15, 0.2) is 54.6 Å². The third-order valence-electron chi connectivity index (χ3n) is 6.28. The summed E-state index contributed by atoms with van der Waals surface area (Å²) in [5, 5.41) is 6.13. The van der Waals surface area contributed by atoms with E-state index in [1.807, 2.05) is 42.5 Å². The zero-order valence-electron chi connectivity index (χ0n) is 19.6. The van der Waals surface area contributed by atoms with Crippen molar-refractivity contribution in [1.82, 2.24) is 25.1 Å². The fourth-order valence-corrected chi connectivity index (χ4v) is 4.43. The third kappa shape index (κ3) is 5.31. The average Bonchev–Trinajstić information content (AvgIpc) is 2.84. The number of likely N-dealkylation sites (N-methyl/N-ethyl adjacent to an activating group) is 1. The highest BCUT2D eigenvalue weighted by molar-refractivity contribution is 5.89. The van der Waals surface area contributed by atoms with Crippen LogP contribution in [0.5, 0.6) is 5.75 Å². The van der Waals surface area contributed by atoms with Crippen LogP contribution in [-0.2, 0) is 22.6 Å². The van der Waals surface area contributed by atoms with Gasteiger partial charge in [-0.3, -0.25) is 9.59 Å². The number of ether oxygens (including phenoxy) is 1. The maximum absolute atomic E-state index is 13.2. The summed E-state index contributed by atoms with van der Waals surface area (Å²) in [5.41, 5.74) is 2.16. The molecule has 4 amide bonds. The molecule has 0 aliphatic carbocycles. The highest BCUT2D eigenvalue weighted by Gasteiger charge is 2.45. The van der Waals surface area contributed by atoms with Crippen molar-refractivity contribution in [2.45, 2.75) is 25.6 Å². The van der Waals surface area contributed by atoms with Crippen LogP contribution >= 0.6 is 0 Å². The summed E-state index contributed by atoms with van der Waals surface area (Å²) in [4.78, 5) is 41.8. The van der Waals surface area contributed by atoms with Crippen LogP contribution in [0.2, 0.25) is 0 Å². The number of fused-ring (bicyclic) bond motifs is 1. The Morgan fingerprint density at radius 3 is 2.44 bits per heavy atom. The Labute approximate surface area is 199 Å². The molecule has 9 heteroatoms. The molecule has 2 aliphatic rings. The number of rotatable bonds is 7. The predicted molar refractivity (Wildman–Crippen MR) is 127 cm³/mol. The van der Waals surface area contributed by atoms with Gasteiger partial charge in [-0.2, -0.15) is 0 Å². The fourth-order valence-electron chi connectivity index (χ4n) is 4.43. The minimum Gasteiger partial charge on any atom is -0.497 e. The quantitative estimate of drug-likeness (QED) is 0.673. The molecule has 9 nitrogen and oxygen atoms in total. The van der Waals surface area contributed by atoms with Crippen molar-refractivity contribution in [3.63, 3.8) is 0 Å². The Hall–Kier alpha value is -3.59. The smallest absolute Gasteiger partial charge is 0.334 e. The number of hydrogen-bond donors (Lipinski definition) is 1. The van der Waals surface area contributed by atoms with E-state index in [-0.39, 0.29) is 30.9 Å². The SMILES string of the molecule is COc1ccc(CNC(=O)N2C3CN(CCCc4ccccc4)C(=O)CN3C(=O)CN2C)cc1. The zero-order chi connectivity index (χ0) is 24.1. The van der Waals surface area contributed by atoms with Crippen LogP contribution in [0, 0.1) is 0 Å². The number of piperazine rings is 1. The van der Waals surface area contributed by atoms with Crippen LogP contribution in [0.3, 0.4) is 0 Å². The van der Waals surface area contributed by atoms with Crippen molar-refractivity contribution < 1.29 is 19.1 Å². The Balaban J connectivity index is 1.40. The second-order valence-corrected chi connectivity index (χ2v) is 8.60. The first-order valence-corrected chi connectivity index (χ1v) is 11.5. The Bertz CT molecular complexity index is 1010. The van der Waals surface area contributed by atoms with Gasteiger partial charge in [0.1, 0.15) is 18.5 Å². The maximum Gasteiger partial charge on any atom is 0.334 e. The van der Waals surface area contributed by atoms with Gasteiger partial charge >= 0.3 is 6.03 Å². The average molecular weight is 466 g/mol. The van der Waals surface area contributed by atoms with Gasteiger partial charge in [-0.15, -0.1) is 0 Å². The molecule has 0 spiro atoms. The maximum atomic E-state index is 13.2. The number of nitrogens with zero attached hydrogens (tertiary/aromatic N) is 4. The number of hydrazine groups is 1. The second-order valence-electron chi connectivity index (χ2n) is 8.60. The lowest BCUT2D eigenvalue weighted by Crippen LogP contribution is -2.73. The number of nitrogens with one attached hydrogen (secondary N) is 1. The molecule has 2 aliphatic heterocycles. The molecular weight excluding hydrogens is 434 g/mol. The van der Waals surface area contributed by atoms with E-state index in [0.29, 0.717) is 19.6 Å². The molecule has 34 heavy (non-hydrogen) atoms. The van der Waals surface area contributed by atoms with E-state index >= 15 is 0 Å². The number of aryl methyl sites for hydroxylation is 1. The van der Waals surface area contributed by atoms with Gasteiger partial charge in [0, 0.05) is 20.1 Å². The van der Waals surface area contributed by atoms with E-state index in [1.54, 1.807) is 29.1 Å². The van der Waals surface area contributed by atoms with E-state index in [1.165, 1.54) is 10.5 Å². The van der Waals surface area contributed by atoms with Gasteiger partial charge in [-0.25, -0.2) is 14.8 Å². The van der Waals surface area contributed by atoms with E-state index in [4.69, 9.17) is 4.74 Å². The minimum atomic E-state index is -0.531. The van der Waals surface area contributed by atoms with E-state index < -0.39 is 6.17 Å². The molecule has 2 aromatic carbocycles. The van der Waals surface area contributed by atoms with Crippen molar-refractivity contribution >= 4 is 17.8 Å². The number of benzene rings is 2. The molecular formula is C25H31N5O4. The number of amides is 4. The number of carbonyl (C=O) groups excluding carboxylic acids is 3. The van der Waals surface area contributed by atoms with Crippen molar-refractivity contribution in [1.29, 1.82) is 0 Å². The molecule has 2 aromatic rings. The summed E-state index contributed by atoms with van der Waals surface area (Å²) in [6.07, 6.45) is 1.15. The van der Waals surface area contributed by atoms with Gasteiger partial charge < -0.3 is 19.9 Å². The van der Waals surface area contributed by atoms with E-state index in [2.05, 4.69) is 17.4 Å². The summed E-state index contributed by atoms with van der Waals surface area (Å²) in [7, 11) is 3.33. The first-order chi connectivity index (χ1) is 16.5. The second kappa shape index (κ2) is 10.6. The van der Waals surface area contributed by atoms with Gasteiger partial charge in [-0.1, -0.05) is 42.5 Å². The summed E-state index contributed by atoms with van der Waals surface area (Å²) >= 11 is 0. The highest BCUT2D eigenvalue weighted by atomic mass is 16.5. The molecule has 1 atom stereocenters. The standard InChI is InChI=1S/C25H31N5O4/c1-27-17-24(32)29-18-23(31)28(14-6-9-19-7-4-3-5-8-19)16-22(29)30(27)25(33)26-15-20-10-12-21(34-2)13-11-20/h3-5,7-8,10-13,22H,6,9,14-18H2,1-2H3,(H,26,33). The summed E-state index contributed by atoms with van der Waals surface area (Å²) in [6, 6.07) is 17.3. The summed E-state index contributed by atoms with van der Waals surface area (Å²) in [5.74, 6) is 0.518. The Kier molecular flexibility index (Phi) is 7.32. The first kappa shape index (κ1) is 23.6. The molecule has 4 rings (SSSR count). The Morgan fingerprint density at radius 2 is 1.74 bits per heavy atom. The number of urea groups is 1. The predicted octanol–water partition coefficient (Wildman–Crippen LogP) is 1.70. The lowest BCUT2D eigenvalue weighted by molar-refractivity contribution is -0.178. The number of carbonyl (C=O) groups is 3. The van der Waals surface area contributed by atoms with Gasteiger partial charge in [0.25, 0.3) is 0 Å². The topological polar surface area (TPSA) is 85.4 Å². The molecule has 2 saturated heterocycles. The summed E-state index contributed by atoms with van der Waals surface area (Å²) in [6.45, 7) is 1.25. The molecule has 1 unspecified atom stereocenters. The normalized spacial score (nSPS) is 18.6. The molecule has 2 fully saturated rings. The third-order valence-corrected chi connectivity index (χ3v) is 6.28. The minimum absolute atomic E-state index is 0.00899. The summed E-state index contributed by atoms with van der Waals surface area (Å²) < 4.78 is 5.17. The van der Waals surface area contributed by atoms with Crippen LogP contribution in [0.4, 0.5) is 4.79 Å². The number of hydrogen-bond acceptors (Lipinski definition) is 5. The van der Waals surface area contributed by atoms with Gasteiger partial charge in [0.05, 0.1) is 20.2 Å². The van der Waals surface area contributed by atoms with Gasteiger partial charge in [0.2, 0.25) is 11.8 Å². The van der Waals surface area contributed by atoms with Crippen LogP contribution in [0.1, 0.15) is 17.5 Å². The molecule has 0 saturated carbocycles. The molecule has 0 aromatic heterocycles. The number of methoxy groups -OCH3 is 1. The molecule has 1 N–H and O–H groups in total. The van der Waals surface area contributed by atoms with Crippen LogP contribution in [-0.4, -0.2) is 84.2 Å². The molecule has 0 bridgehead atoms. The van der Waals surface area contributed by atoms with Crippen LogP contribution < -0.4 is 10.1 Å². The lowest BCUT2D eigenvalue weighted by atomic mass is 10.1. The van der Waals surface area contributed by atoms with Crippen molar-refractivity contribution in [2.75, 3.05) is 40.3 Å². The lowest BCUT2D eigenvalue weighted by Gasteiger charge is -2.51. The van der Waals surface area contributed by atoms with E-state index in [9.17, 15) is 14.4 Å². The molecule has 180 valence electrons. The molecule has 2 heterocycles. The van der Waals surface area contributed by atoms with Gasteiger partial charge in [-0.05, 0) is 36.1 Å². The zero-order valence-corrected chi connectivity index (χ0v) is 19.6. The Morgan fingerprint density at radius 1 is 1.00 bits per heavy atom. The highest BCUT2D eigenvalue weighted by Crippen LogP contribution is 2.22. The van der Waals surface area contributed by atoms with Crippen molar-refractivity contribution in [3.05, 3.63) is 65.7 Å². The van der Waals surface area contributed by atoms with E-state index in [0.717, 1.165) is 24.2 Å².